The second-order valence-electron chi connectivity index (χ2n) is 4.68. The zero-order chi connectivity index (χ0) is 13.8. The molecular formula is C13H16BrClN2O2. The monoisotopic (exact) mass is 346 g/mol. The first-order valence-electron chi connectivity index (χ1n) is 6.15. The number of piperazine rings is 1. The van der Waals surface area contributed by atoms with Crippen molar-refractivity contribution in [3.8, 4) is 0 Å². The maximum Gasteiger partial charge on any atom is 0.317 e. The molecule has 4 nitrogen and oxygen atoms in total. The molecule has 0 aromatic heterocycles. The number of carboxylic acids is 1. The summed E-state index contributed by atoms with van der Waals surface area (Å²) in [7, 11) is 0. The molecule has 19 heavy (non-hydrogen) atoms. The number of hydrogen-bond donors (Lipinski definition) is 1. The van der Waals surface area contributed by atoms with E-state index in [0.717, 1.165) is 42.2 Å². The van der Waals surface area contributed by atoms with Crippen LogP contribution in [0.3, 0.4) is 0 Å². The summed E-state index contributed by atoms with van der Waals surface area (Å²) in [6, 6.07) is 5.82. The Morgan fingerprint density at radius 2 is 1.89 bits per heavy atom. The number of carboxylic acid groups (broad SMARTS) is 1. The zero-order valence-corrected chi connectivity index (χ0v) is 12.8. The van der Waals surface area contributed by atoms with Crippen molar-refractivity contribution in [2.45, 2.75) is 6.54 Å². The van der Waals surface area contributed by atoms with Crippen molar-refractivity contribution in [3.63, 3.8) is 0 Å². The molecule has 1 fully saturated rings. The summed E-state index contributed by atoms with van der Waals surface area (Å²) in [6.45, 7) is 4.39. The summed E-state index contributed by atoms with van der Waals surface area (Å²) in [5.41, 5.74) is 1.20. The molecule has 0 amide bonds. The van der Waals surface area contributed by atoms with Crippen molar-refractivity contribution in [3.05, 3.63) is 33.3 Å². The van der Waals surface area contributed by atoms with Crippen molar-refractivity contribution in [2.24, 2.45) is 0 Å². The Kier molecular flexibility index (Phi) is 5.21. The molecule has 2 rings (SSSR count). The number of aliphatic carboxylic acids is 1. The van der Waals surface area contributed by atoms with Crippen LogP contribution in [0.4, 0.5) is 0 Å². The van der Waals surface area contributed by atoms with Crippen LogP contribution in [0.2, 0.25) is 5.02 Å². The molecule has 1 saturated heterocycles. The molecule has 0 atom stereocenters. The summed E-state index contributed by atoms with van der Waals surface area (Å²) in [5.74, 6) is -0.756. The minimum Gasteiger partial charge on any atom is -0.480 e. The molecule has 0 unspecified atom stereocenters. The number of nitrogens with zero attached hydrogens (tertiary/aromatic N) is 2. The van der Waals surface area contributed by atoms with Crippen LogP contribution in [0.1, 0.15) is 5.56 Å². The summed E-state index contributed by atoms with van der Waals surface area (Å²) in [6.07, 6.45) is 0. The molecule has 0 aliphatic carbocycles. The van der Waals surface area contributed by atoms with Gasteiger partial charge in [0.1, 0.15) is 0 Å². The van der Waals surface area contributed by atoms with Gasteiger partial charge in [0.15, 0.2) is 0 Å². The fraction of sp³-hybridized carbons (Fsp3) is 0.462. The summed E-state index contributed by atoms with van der Waals surface area (Å²) in [4.78, 5) is 14.9. The molecule has 0 saturated carbocycles. The molecule has 0 radical (unpaired) electrons. The van der Waals surface area contributed by atoms with Gasteiger partial charge < -0.3 is 5.11 Å². The maximum atomic E-state index is 10.6. The minimum absolute atomic E-state index is 0.137. The van der Waals surface area contributed by atoms with Crippen molar-refractivity contribution in [1.82, 2.24) is 9.80 Å². The predicted molar refractivity (Wildman–Crippen MR) is 78.5 cm³/mol. The Balaban J connectivity index is 1.87. The third-order valence-corrected chi connectivity index (χ3v) is 4.21. The molecule has 1 aliphatic rings. The normalized spacial score (nSPS) is 17.6. The predicted octanol–water partition coefficient (Wildman–Crippen LogP) is 2.30. The van der Waals surface area contributed by atoms with Gasteiger partial charge in [0.05, 0.1) is 6.54 Å². The number of carbonyl (C=O) groups is 1. The first-order valence-corrected chi connectivity index (χ1v) is 7.32. The standard InChI is InChI=1S/C13H16BrClN2O2/c14-12-7-11(15)2-1-10(12)8-16-3-5-17(6-4-16)9-13(18)19/h1-2,7H,3-6,8-9H2,(H,18,19). The van der Waals surface area contributed by atoms with Crippen LogP contribution in [0.5, 0.6) is 0 Å². The van der Waals surface area contributed by atoms with Gasteiger partial charge in [-0.25, -0.2) is 0 Å². The molecule has 1 aromatic carbocycles. The van der Waals surface area contributed by atoms with E-state index >= 15 is 0 Å². The second kappa shape index (κ2) is 6.70. The molecular weight excluding hydrogens is 332 g/mol. The van der Waals surface area contributed by atoms with Gasteiger partial charge in [-0.15, -0.1) is 0 Å². The third kappa shape index (κ3) is 4.45. The molecule has 1 N–H and O–H groups in total. The zero-order valence-electron chi connectivity index (χ0n) is 10.5. The van der Waals surface area contributed by atoms with Gasteiger partial charge >= 0.3 is 5.97 Å². The van der Waals surface area contributed by atoms with Gasteiger partial charge in [-0.05, 0) is 17.7 Å². The van der Waals surface area contributed by atoms with Crippen molar-refractivity contribution in [1.29, 1.82) is 0 Å². The Morgan fingerprint density at radius 3 is 2.47 bits per heavy atom. The number of benzene rings is 1. The van der Waals surface area contributed by atoms with E-state index in [2.05, 4.69) is 20.8 Å². The third-order valence-electron chi connectivity index (χ3n) is 3.23. The lowest BCUT2D eigenvalue weighted by Crippen LogP contribution is -2.47. The summed E-state index contributed by atoms with van der Waals surface area (Å²) < 4.78 is 1.02. The van der Waals surface area contributed by atoms with Crippen molar-refractivity contribution in [2.75, 3.05) is 32.7 Å². The number of rotatable bonds is 4. The van der Waals surface area contributed by atoms with Crippen LogP contribution in [0.15, 0.2) is 22.7 Å². The Bertz CT molecular complexity index is 462. The maximum absolute atomic E-state index is 10.6. The van der Waals surface area contributed by atoms with Gasteiger partial charge in [-0.3, -0.25) is 14.6 Å². The van der Waals surface area contributed by atoms with E-state index in [0.29, 0.717) is 0 Å². The lowest BCUT2D eigenvalue weighted by atomic mass is 10.2. The lowest BCUT2D eigenvalue weighted by molar-refractivity contribution is -0.138. The quantitative estimate of drug-likeness (QED) is 0.908. The van der Waals surface area contributed by atoms with Crippen molar-refractivity contribution >= 4 is 33.5 Å². The van der Waals surface area contributed by atoms with E-state index in [-0.39, 0.29) is 6.54 Å². The average Bonchev–Trinajstić information content (AvgIpc) is 2.34. The first-order chi connectivity index (χ1) is 9.04. The second-order valence-corrected chi connectivity index (χ2v) is 5.97. The molecule has 1 aromatic rings. The van der Waals surface area contributed by atoms with Gasteiger partial charge in [-0.1, -0.05) is 33.6 Å². The van der Waals surface area contributed by atoms with E-state index in [9.17, 15) is 4.79 Å². The first kappa shape index (κ1) is 14.8. The smallest absolute Gasteiger partial charge is 0.317 e. The van der Waals surface area contributed by atoms with Crippen LogP contribution in [0.25, 0.3) is 0 Å². The lowest BCUT2D eigenvalue weighted by Gasteiger charge is -2.33. The van der Waals surface area contributed by atoms with E-state index in [4.69, 9.17) is 16.7 Å². The SMILES string of the molecule is O=C(O)CN1CCN(Cc2ccc(Cl)cc2Br)CC1. The van der Waals surface area contributed by atoms with Crippen LogP contribution in [-0.4, -0.2) is 53.6 Å². The van der Waals surface area contributed by atoms with Crippen LogP contribution >= 0.6 is 27.5 Å². The highest BCUT2D eigenvalue weighted by atomic mass is 79.9. The number of hydrogen-bond acceptors (Lipinski definition) is 3. The van der Waals surface area contributed by atoms with Crippen LogP contribution in [-0.2, 0) is 11.3 Å². The van der Waals surface area contributed by atoms with Crippen molar-refractivity contribution < 1.29 is 9.90 Å². The molecule has 104 valence electrons. The molecule has 1 heterocycles. The summed E-state index contributed by atoms with van der Waals surface area (Å²) >= 11 is 9.44. The highest BCUT2D eigenvalue weighted by Crippen LogP contribution is 2.23. The van der Waals surface area contributed by atoms with E-state index < -0.39 is 5.97 Å². The average molecular weight is 348 g/mol. The number of halogens is 2. The van der Waals surface area contributed by atoms with Gasteiger partial charge in [0.25, 0.3) is 0 Å². The molecule has 1 aliphatic heterocycles. The van der Waals surface area contributed by atoms with Gasteiger partial charge in [0, 0.05) is 42.2 Å². The Morgan fingerprint density at radius 1 is 1.26 bits per heavy atom. The molecule has 0 spiro atoms. The molecule has 6 heteroatoms. The Hall–Kier alpha value is -0.620. The van der Waals surface area contributed by atoms with Crippen LogP contribution < -0.4 is 0 Å². The fourth-order valence-corrected chi connectivity index (χ4v) is 3.00. The van der Waals surface area contributed by atoms with Gasteiger partial charge in [0.2, 0.25) is 0 Å². The van der Waals surface area contributed by atoms with E-state index in [1.54, 1.807) is 0 Å². The fourth-order valence-electron chi connectivity index (χ4n) is 2.19. The topological polar surface area (TPSA) is 43.8 Å². The minimum atomic E-state index is -0.756. The molecule has 0 bridgehead atoms. The largest absolute Gasteiger partial charge is 0.480 e. The van der Waals surface area contributed by atoms with Crippen LogP contribution in [0, 0.1) is 0 Å². The van der Waals surface area contributed by atoms with Gasteiger partial charge in [-0.2, -0.15) is 0 Å². The highest BCUT2D eigenvalue weighted by molar-refractivity contribution is 9.10. The summed E-state index contributed by atoms with van der Waals surface area (Å²) in [5, 5.41) is 9.48. The van der Waals surface area contributed by atoms with E-state index in [1.807, 2.05) is 23.1 Å². The Labute approximate surface area is 126 Å². The van der Waals surface area contributed by atoms with E-state index in [1.165, 1.54) is 5.56 Å². The highest BCUT2D eigenvalue weighted by Gasteiger charge is 2.19.